The summed E-state index contributed by atoms with van der Waals surface area (Å²) in [5, 5.41) is 14.3. The average molecular weight is 240 g/mol. The fraction of sp³-hybridized carbons (Fsp3) is 0.727. The van der Waals surface area contributed by atoms with Crippen molar-refractivity contribution in [2.45, 2.75) is 31.7 Å². The van der Waals surface area contributed by atoms with Gasteiger partial charge in [0.2, 0.25) is 11.8 Å². The van der Waals surface area contributed by atoms with Gasteiger partial charge in [-0.15, -0.1) is 0 Å². The van der Waals surface area contributed by atoms with Crippen molar-refractivity contribution in [1.29, 1.82) is 0 Å². The highest BCUT2D eigenvalue weighted by Crippen LogP contribution is 2.39. The molecule has 2 fully saturated rings. The summed E-state index contributed by atoms with van der Waals surface area (Å²) in [4.78, 5) is 34.1. The number of aliphatic carboxylic acids is 1. The standard InChI is InChI=1S/C11H16N2O4/c1-11(10(16)17,7-2-3-7)13-9(15)6-4-8(14)12-5-6/h6-7H,2-5H2,1H3,(H,12,14)(H,13,15)(H,16,17). The highest BCUT2D eigenvalue weighted by Gasteiger charge is 2.49. The van der Waals surface area contributed by atoms with Crippen molar-refractivity contribution in [3.8, 4) is 0 Å². The summed E-state index contributed by atoms with van der Waals surface area (Å²) in [5.74, 6) is -1.95. The molecule has 2 atom stereocenters. The van der Waals surface area contributed by atoms with Gasteiger partial charge in [-0.2, -0.15) is 0 Å². The molecule has 0 aromatic heterocycles. The van der Waals surface area contributed by atoms with E-state index in [0.717, 1.165) is 12.8 Å². The summed E-state index contributed by atoms with van der Waals surface area (Å²) >= 11 is 0. The second-order valence-corrected chi connectivity index (χ2v) is 4.98. The number of carbonyl (C=O) groups excluding carboxylic acids is 2. The summed E-state index contributed by atoms with van der Waals surface area (Å²) in [5.41, 5.74) is -1.19. The first kappa shape index (κ1) is 11.9. The van der Waals surface area contributed by atoms with Gasteiger partial charge in [-0.1, -0.05) is 0 Å². The summed E-state index contributed by atoms with van der Waals surface area (Å²) < 4.78 is 0. The van der Waals surface area contributed by atoms with Crippen LogP contribution in [0.3, 0.4) is 0 Å². The van der Waals surface area contributed by atoms with Crippen LogP contribution in [0.5, 0.6) is 0 Å². The summed E-state index contributed by atoms with van der Waals surface area (Å²) in [6, 6.07) is 0. The maximum atomic E-state index is 11.9. The fourth-order valence-corrected chi connectivity index (χ4v) is 2.14. The van der Waals surface area contributed by atoms with Crippen molar-refractivity contribution in [1.82, 2.24) is 10.6 Å². The molecule has 2 amide bonds. The lowest BCUT2D eigenvalue weighted by molar-refractivity contribution is -0.148. The molecule has 0 aromatic carbocycles. The van der Waals surface area contributed by atoms with Gasteiger partial charge in [0.25, 0.3) is 0 Å². The van der Waals surface area contributed by atoms with E-state index in [-0.39, 0.29) is 24.2 Å². The van der Waals surface area contributed by atoms with Gasteiger partial charge >= 0.3 is 5.97 Å². The molecule has 0 bridgehead atoms. The molecule has 2 unspecified atom stereocenters. The second kappa shape index (κ2) is 4.01. The minimum atomic E-state index is -1.19. The number of carboxylic acids is 1. The van der Waals surface area contributed by atoms with E-state index in [1.807, 2.05) is 0 Å². The first-order chi connectivity index (χ1) is 7.93. The van der Waals surface area contributed by atoms with Crippen molar-refractivity contribution in [2.75, 3.05) is 6.54 Å². The van der Waals surface area contributed by atoms with Crippen LogP contribution in [0.25, 0.3) is 0 Å². The van der Waals surface area contributed by atoms with Gasteiger partial charge in [-0.05, 0) is 25.7 Å². The number of rotatable bonds is 4. The molecule has 6 heteroatoms. The maximum absolute atomic E-state index is 11.9. The third-order valence-electron chi connectivity index (χ3n) is 3.57. The fourth-order valence-electron chi connectivity index (χ4n) is 2.14. The maximum Gasteiger partial charge on any atom is 0.329 e. The lowest BCUT2D eigenvalue weighted by atomic mass is 9.94. The minimum Gasteiger partial charge on any atom is -0.480 e. The molecule has 1 aliphatic carbocycles. The third kappa shape index (κ3) is 2.25. The molecule has 6 nitrogen and oxygen atoms in total. The van der Waals surface area contributed by atoms with Gasteiger partial charge in [0.05, 0.1) is 5.92 Å². The monoisotopic (exact) mass is 240 g/mol. The second-order valence-electron chi connectivity index (χ2n) is 4.98. The van der Waals surface area contributed by atoms with Crippen molar-refractivity contribution in [2.24, 2.45) is 11.8 Å². The summed E-state index contributed by atoms with van der Waals surface area (Å²) in [6.07, 6.45) is 1.79. The molecule has 1 aliphatic heterocycles. The van der Waals surface area contributed by atoms with Crippen LogP contribution in [0.2, 0.25) is 0 Å². The Hall–Kier alpha value is -1.59. The van der Waals surface area contributed by atoms with E-state index in [2.05, 4.69) is 10.6 Å². The van der Waals surface area contributed by atoms with E-state index in [1.165, 1.54) is 6.92 Å². The van der Waals surface area contributed by atoms with E-state index < -0.39 is 17.4 Å². The zero-order valence-electron chi connectivity index (χ0n) is 9.66. The van der Waals surface area contributed by atoms with E-state index >= 15 is 0 Å². The topological polar surface area (TPSA) is 95.5 Å². The summed E-state index contributed by atoms with van der Waals surface area (Å²) in [7, 11) is 0. The van der Waals surface area contributed by atoms with Gasteiger partial charge in [0.1, 0.15) is 5.54 Å². The number of carbonyl (C=O) groups is 3. The number of carboxylic acid groups (broad SMARTS) is 1. The Balaban J connectivity index is 2.01. The molecule has 17 heavy (non-hydrogen) atoms. The molecule has 2 rings (SSSR count). The summed E-state index contributed by atoms with van der Waals surface area (Å²) in [6.45, 7) is 1.83. The lowest BCUT2D eigenvalue weighted by Crippen LogP contribution is -2.55. The highest BCUT2D eigenvalue weighted by atomic mass is 16.4. The van der Waals surface area contributed by atoms with E-state index in [9.17, 15) is 19.5 Å². The molecule has 0 aromatic rings. The minimum absolute atomic E-state index is 0.00835. The molecular formula is C11H16N2O4. The van der Waals surface area contributed by atoms with Crippen LogP contribution >= 0.6 is 0 Å². The van der Waals surface area contributed by atoms with Gasteiger partial charge < -0.3 is 15.7 Å². The van der Waals surface area contributed by atoms with Crippen LogP contribution in [0.15, 0.2) is 0 Å². The number of hydrogen-bond donors (Lipinski definition) is 3. The average Bonchev–Trinajstić information content (AvgIpc) is 3.01. The van der Waals surface area contributed by atoms with E-state index in [1.54, 1.807) is 0 Å². The van der Waals surface area contributed by atoms with E-state index in [0.29, 0.717) is 6.54 Å². The van der Waals surface area contributed by atoms with Gasteiger partial charge in [-0.25, -0.2) is 4.79 Å². The largest absolute Gasteiger partial charge is 0.480 e. The molecule has 0 radical (unpaired) electrons. The van der Waals surface area contributed by atoms with Crippen LogP contribution in [0.4, 0.5) is 0 Å². The molecule has 3 N–H and O–H groups in total. The number of hydrogen-bond acceptors (Lipinski definition) is 3. The first-order valence-corrected chi connectivity index (χ1v) is 5.75. The van der Waals surface area contributed by atoms with Crippen LogP contribution in [0.1, 0.15) is 26.2 Å². The Labute approximate surface area is 98.8 Å². The molecule has 0 spiro atoms. The number of amides is 2. The Morgan fingerprint density at radius 2 is 2.12 bits per heavy atom. The molecule has 94 valence electrons. The van der Waals surface area contributed by atoms with Gasteiger partial charge in [-0.3, -0.25) is 9.59 Å². The van der Waals surface area contributed by atoms with Gasteiger partial charge in [0.15, 0.2) is 0 Å². The van der Waals surface area contributed by atoms with Crippen LogP contribution in [-0.2, 0) is 14.4 Å². The molecule has 1 saturated carbocycles. The molecule has 1 heterocycles. The Kier molecular flexibility index (Phi) is 2.81. The quantitative estimate of drug-likeness (QED) is 0.617. The van der Waals surface area contributed by atoms with Crippen molar-refractivity contribution in [3.63, 3.8) is 0 Å². The molecule has 2 aliphatic rings. The van der Waals surface area contributed by atoms with Crippen LogP contribution < -0.4 is 10.6 Å². The SMILES string of the molecule is CC(NC(=O)C1CNC(=O)C1)(C(=O)O)C1CC1. The van der Waals surface area contributed by atoms with Crippen molar-refractivity contribution >= 4 is 17.8 Å². The van der Waals surface area contributed by atoms with Crippen molar-refractivity contribution < 1.29 is 19.5 Å². The smallest absolute Gasteiger partial charge is 0.329 e. The Morgan fingerprint density at radius 1 is 1.47 bits per heavy atom. The molecular weight excluding hydrogens is 224 g/mol. The third-order valence-corrected chi connectivity index (χ3v) is 3.57. The first-order valence-electron chi connectivity index (χ1n) is 5.75. The van der Waals surface area contributed by atoms with E-state index in [4.69, 9.17) is 0 Å². The van der Waals surface area contributed by atoms with Gasteiger partial charge in [0, 0.05) is 13.0 Å². The zero-order valence-corrected chi connectivity index (χ0v) is 9.66. The van der Waals surface area contributed by atoms with Crippen LogP contribution in [0, 0.1) is 11.8 Å². The predicted molar refractivity (Wildman–Crippen MR) is 58.0 cm³/mol. The Bertz CT molecular complexity index is 378. The predicted octanol–water partition coefficient (Wildman–Crippen LogP) is -0.508. The normalized spacial score (nSPS) is 27.1. The Morgan fingerprint density at radius 3 is 2.53 bits per heavy atom. The van der Waals surface area contributed by atoms with Crippen LogP contribution in [-0.4, -0.2) is 35.0 Å². The zero-order chi connectivity index (χ0) is 12.6. The van der Waals surface area contributed by atoms with Crippen molar-refractivity contribution in [3.05, 3.63) is 0 Å². The lowest BCUT2D eigenvalue weighted by Gasteiger charge is -2.27. The molecule has 1 saturated heterocycles. The number of nitrogens with one attached hydrogen (secondary N) is 2. The highest BCUT2D eigenvalue weighted by molar-refractivity contribution is 5.92.